The third-order valence-corrected chi connectivity index (χ3v) is 6.10. The number of hydrogen-bond donors (Lipinski definition) is 1. The van der Waals surface area contributed by atoms with E-state index in [2.05, 4.69) is 35.4 Å². The molecule has 0 atom stereocenters. The standard InChI is InChI=1S/C21H20N4O3S/c1-12-13(2)29-21-18(12)20(24-19(25-21)16-6-8-23-28-16)22-7-5-14-3-4-15-17(11-14)27-10-9-26-15/h3-4,6,8,11H,5,7,9-10H2,1-2H3,(H,22,24,25). The highest BCUT2D eigenvalue weighted by Crippen LogP contribution is 2.35. The van der Waals surface area contributed by atoms with Gasteiger partial charge < -0.3 is 19.3 Å². The summed E-state index contributed by atoms with van der Waals surface area (Å²) in [6.07, 6.45) is 2.44. The Bertz CT molecular complexity index is 1170. The molecule has 0 unspecified atom stereocenters. The number of ether oxygens (including phenoxy) is 2. The fourth-order valence-corrected chi connectivity index (χ4v) is 4.42. The summed E-state index contributed by atoms with van der Waals surface area (Å²) in [6, 6.07) is 7.87. The Kier molecular flexibility index (Phi) is 4.55. The van der Waals surface area contributed by atoms with E-state index in [1.165, 1.54) is 16.0 Å². The number of aryl methyl sites for hydroxylation is 2. The molecule has 1 aliphatic heterocycles. The number of aromatic nitrogens is 3. The molecule has 148 valence electrons. The number of nitrogens with zero attached hydrogens (tertiary/aromatic N) is 3. The molecule has 4 heterocycles. The largest absolute Gasteiger partial charge is 0.486 e. The molecule has 0 aliphatic carbocycles. The van der Waals surface area contributed by atoms with Crippen molar-refractivity contribution in [1.82, 2.24) is 15.1 Å². The molecule has 0 saturated heterocycles. The second kappa shape index (κ2) is 7.36. The van der Waals surface area contributed by atoms with Crippen LogP contribution in [0.4, 0.5) is 5.82 Å². The third-order valence-electron chi connectivity index (χ3n) is 5.00. The summed E-state index contributed by atoms with van der Waals surface area (Å²) in [7, 11) is 0. The van der Waals surface area contributed by atoms with Crippen molar-refractivity contribution in [3.8, 4) is 23.1 Å². The summed E-state index contributed by atoms with van der Waals surface area (Å²) in [6.45, 7) is 6.14. The Morgan fingerprint density at radius 1 is 1.07 bits per heavy atom. The van der Waals surface area contributed by atoms with Crippen LogP contribution in [0.15, 0.2) is 35.0 Å². The van der Waals surface area contributed by atoms with Crippen LogP contribution in [0.2, 0.25) is 0 Å². The van der Waals surface area contributed by atoms with Crippen LogP contribution >= 0.6 is 11.3 Å². The predicted octanol–water partition coefficient (Wildman–Crippen LogP) is 4.39. The van der Waals surface area contributed by atoms with E-state index in [0.29, 0.717) is 24.8 Å². The van der Waals surface area contributed by atoms with E-state index in [1.807, 2.05) is 12.1 Å². The fourth-order valence-electron chi connectivity index (χ4n) is 3.39. The molecule has 1 aliphatic rings. The van der Waals surface area contributed by atoms with Gasteiger partial charge in [-0.3, -0.25) is 0 Å². The molecule has 5 rings (SSSR count). The minimum absolute atomic E-state index is 0.540. The Morgan fingerprint density at radius 3 is 2.76 bits per heavy atom. The Labute approximate surface area is 171 Å². The fraction of sp³-hybridized carbons (Fsp3) is 0.286. The first-order chi connectivity index (χ1) is 14.2. The van der Waals surface area contributed by atoms with Crippen molar-refractivity contribution >= 4 is 27.4 Å². The molecular formula is C21H20N4O3S. The first kappa shape index (κ1) is 17.9. The Morgan fingerprint density at radius 2 is 1.93 bits per heavy atom. The first-order valence-corrected chi connectivity index (χ1v) is 10.3. The summed E-state index contributed by atoms with van der Waals surface area (Å²) >= 11 is 1.67. The van der Waals surface area contributed by atoms with E-state index in [9.17, 15) is 0 Å². The summed E-state index contributed by atoms with van der Waals surface area (Å²) < 4.78 is 16.5. The molecule has 1 N–H and O–H groups in total. The van der Waals surface area contributed by atoms with Crippen LogP contribution in [0, 0.1) is 13.8 Å². The van der Waals surface area contributed by atoms with Gasteiger partial charge in [-0.15, -0.1) is 11.3 Å². The van der Waals surface area contributed by atoms with Crippen molar-refractivity contribution in [1.29, 1.82) is 0 Å². The van der Waals surface area contributed by atoms with Crippen molar-refractivity contribution in [2.75, 3.05) is 25.1 Å². The van der Waals surface area contributed by atoms with Crippen LogP contribution in [0.1, 0.15) is 16.0 Å². The van der Waals surface area contributed by atoms with Gasteiger partial charge in [0, 0.05) is 17.5 Å². The second-order valence-corrected chi connectivity index (χ2v) is 8.09. The molecule has 29 heavy (non-hydrogen) atoms. The van der Waals surface area contributed by atoms with E-state index >= 15 is 0 Å². The van der Waals surface area contributed by atoms with Gasteiger partial charge >= 0.3 is 0 Å². The van der Waals surface area contributed by atoms with Gasteiger partial charge in [0.1, 0.15) is 23.9 Å². The molecule has 3 aromatic heterocycles. The lowest BCUT2D eigenvalue weighted by molar-refractivity contribution is 0.171. The van der Waals surface area contributed by atoms with Crippen molar-refractivity contribution in [2.45, 2.75) is 20.3 Å². The predicted molar refractivity (Wildman–Crippen MR) is 112 cm³/mol. The van der Waals surface area contributed by atoms with Gasteiger partial charge in [-0.1, -0.05) is 11.2 Å². The van der Waals surface area contributed by atoms with Gasteiger partial charge in [0.2, 0.25) is 11.6 Å². The molecule has 0 bridgehead atoms. The number of benzene rings is 1. The van der Waals surface area contributed by atoms with Crippen molar-refractivity contribution < 1.29 is 14.0 Å². The average molecular weight is 408 g/mol. The van der Waals surface area contributed by atoms with Gasteiger partial charge in [-0.25, -0.2) is 9.97 Å². The van der Waals surface area contributed by atoms with Gasteiger partial charge in [-0.05, 0) is 43.5 Å². The second-order valence-electron chi connectivity index (χ2n) is 6.89. The lowest BCUT2D eigenvalue weighted by atomic mass is 10.1. The maximum Gasteiger partial charge on any atom is 0.204 e. The summed E-state index contributed by atoms with van der Waals surface area (Å²) in [4.78, 5) is 11.6. The number of hydrogen-bond acceptors (Lipinski definition) is 8. The zero-order valence-corrected chi connectivity index (χ0v) is 17.0. The Balaban J connectivity index is 1.41. The SMILES string of the molecule is Cc1sc2nc(-c3ccno3)nc(NCCc3ccc4c(c3)OCCO4)c2c1C. The van der Waals surface area contributed by atoms with Gasteiger partial charge in [0.15, 0.2) is 11.5 Å². The maximum atomic E-state index is 5.68. The van der Waals surface area contributed by atoms with Crippen LogP contribution in [-0.2, 0) is 6.42 Å². The van der Waals surface area contributed by atoms with E-state index in [-0.39, 0.29) is 0 Å². The topological polar surface area (TPSA) is 82.3 Å². The lowest BCUT2D eigenvalue weighted by Crippen LogP contribution is -2.15. The number of fused-ring (bicyclic) bond motifs is 2. The molecule has 0 spiro atoms. The van der Waals surface area contributed by atoms with Crippen LogP contribution < -0.4 is 14.8 Å². The van der Waals surface area contributed by atoms with Gasteiger partial charge in [0.25, 0.3) is 0 Å². The minimum atomic E-state index is 0.540. The van der Waals surface area contributed by atoms with Crippen LogP contribution in [-0.4, -0.2) is 34.9 Å². The Hall–Kier alpha value is -3.13. The molecule has 0 fully saturated rings. The van der Waals surface area contributed by atoms with Crippen molar-refractivity contribution in [2.24, 2.45) is 0 Å². The highest BCUT2D eigenvalue weighted by molar-refractivity contribution is 7.18. The third kappa shape index (κ3) is 3.40. The smallest absolute Gasteiger partial charge is 0.204 e. The van der Waals surface area contributed by atoms with Crippen molar-refractivity contribution in [3.63, 3.8) is 0 Å². The molecular weight excluding hydrogens is 388 g/mol. The lowest BCUT2D eigenvalue weighted by Gasteiger charge is -2.19. The molecule has 1 aromatic carbocycles. The molecule has 0 radical (unpaired) electrons. The summed E-state index contributed by atoms with van der Waals surface area (Å²) in [5.41, 5.74) is 2.39. The average Bonchev–Trinajstić information content (AvgIpc) is 3.37. The number of nitrogens with one attached hydrogen (secondary N) is 1. The minimum Gasteiger partial charge on any atom is -0.486 e. The molecule has 8 heteroatoms. The van der Waals surface area contributed by atoms with E-state index < -0.39 is 0 Å². The summed E-state index contributed by atoms with van der Waals surface area (Å²) in [5.74, 6) is 3.55. The normalized spacial score (nSPS) is 13.0. The quantitative estimate of drug-likeness (QED) is 0.524. The number of rotatable bonds is 5. The van der Waals surface area contributed by atoms with Crippen LogP contribution in [0.3, 0.4) is 0 Å². The molecule has 7 nitrogen and oxygen atoms in total. The number of anilines is 1. The van der Waals surface area contributed by atoms with E-state index in [4.69, 9.17) is 19.0 Å². The maximum absolute atomic E-state index is 5.68. The zero-order chi connectivity index (χ0) is 19.8. The van der Waals surface area contributed by atoms with Crippen LogP contribution in [0.25, 0.3) is 21.8 Å². The van der Waals surface area contributed by atoms with Gasteiger partial charge in [0.05, 0.1) is 11.6 Å². The molecule has 4 aromatic rings. The monoisotopic (exact) mass is 408 g/mol. The highest BCUT2D eigenvalue weighted by Gasteiger charge is 2.17. The number of thiophene rings is 1. The van der Waals surface area contributed by atoms with E-state index in [1.54, 1.807) is 23.6 Å². The molecule has 0 saturated carbocycles. The van der Waals surface area contributed by atoms with Crippen LogP contribution in [0.5, 0.6) is 11.5 Å². The van der Waals surface area contributed by atoms with Crippen molar-refractivity contribution in [3.05, 3.63) is 46.5 Å². The molecule has 0 amide bonds. The highest BCUT2D eigenvalue weighted by atomic mass is 32.1. The summed E-state index contributed by atoms with van der Waals surface area (Å²) in [5, 5.41) is 8.34. The van der Waals surface area contributed by atoms with Gasteiger partial charge in [-0.2, -0.15) is 0 Å². The first-order valence-electron chi connectivity index (χ1n) is 9.50. The zero-order valence-electron chi connectivity index (χ0n) is 16.2. The van der Waals surface area contributed by atoms with E-state index in [0.717, 1.165) is 40.5 Å².